The summed E-state index contributed by atoms with van der Waals surface area (Å²) in [7, 11) is 1.89. The van der Waals surface area contributed by atoms with Crippen LogP contribution in [0.3, 0.4) is 0 Å². The van der Waals surface area contributed by atoms with E-state index in [2.05, 4.69) is 55.5 Å². The number of hydrogen-bond donors (Lipinski definition) is 0. The van der Waals surface area contributed by atoms with Gasteiger partial charge in [0.05, 0.1) is 5.92 Å². The SMILES string of the molecule is Cc1ccc(C2c3ccccc3N(C)C(=O)C2Cc2ccccc2)cc1. The number of para-hydroxylation sites is 1. The Morgan fingerprint density at radius 2 is 1.50 bits per heavy atom. The molecule has 3 aromatic carbocycles. The highest BCUT2D eigenvalue weighted by molar-refractivity contribution is 5.99. The molecule has 0 aliphatic carbocycles. The van der Waals surface area contributed by atoms with Crippen LogP contribution in [0, 0.1) is 12.8 Å². The highest BCUT2D eigenvalue weighted by Crippen LogP contribution is 2.44. The zero-order chi connectivity index (χ0) is 18.1. The van der Waals surface area contributed by atoms with Gasteiger partial charge in [-0.15, -0.1) is 0 Å². The lowest BCUT2D eigenvalue weighted by Gasteiger charge is -2.38. The first kappa shape index (κ1) is 16.6. The summed E-state index contributed by atoms with van der Waals surface area (Å²) in [6.45, 7) is 2.10. The Hall–Kier alpha value is -2.87. The smallest absolute Gasteiger partial charge is 0.231 e. The monoisotopic (exact) mass is 341 g/mol. The first-order chi connectivity index (χ1) is 12.6. The molecule has 1 heterocycles. The van der Waals surface area contributed by atoms with Crippen LogP contribution in [-0.4, -0.2) is 13.0 Å². The van der Waals surface area contributed by atoms with E-state index in [9.17, 15) is 4.79 Å². The van der Waals surface area contributed by atoms with Crippen LogP contribution in [-0.2, 0) is 11.2 Å². The third kappa shape index (κ3) is 2.92. The summed E-state index contributed by atoms with van der Waals surface area (Å²) in [5, 5.41) is 0. The lowest BCUT2D eigenvalue weighted by atomic mass is 9.74. The topological polar surface area (TPSA) is 20.3 Å². The zero-order valence-electron chi connectivity index (χ0n) is 15.2. The largest absolute Gasteiger partial charge is 0.315 e. The van der Waals surface area contributed by atoms with E-state index in [-0.39, 0.29) is 17.7 Å². The highest BCUT2D eigenvalue weighted by Gasteiger charge is 2.39. The van der Waals surface area contributed by atoms with Crippen molar-refractivity contribution in [3.63, 3.8) is 0 Å². The van der Waals surface area contributed by atoms with Gasteiger partial charge in [-0.1, -0.05) is 78.4 Å². The molecule has 0 saturated heterocycles. The van der Waals surface area contributed by atoms with E-state index >= 15 is 0 Å². The molecule has 4 rings (SSSR count). The van der Waals surface area contributed by atoms with Crippen molar-refractivity contribution in [1.29, 1.82) is 0 Å². The maximum atomic E-state index is 13.3. The Labute approximate surface area is 155 Å². The molecule has 0 fully saturated rings. The van der Waals surface area contributed by atoms with Crippen LogP contribution in [0.25, 0.3) is 0 Å². The van der Waals surface area contributed by atoms with Crippen molar-refractivity contribution in [1.82, 2.24) is 0 Å². The van der Waals surface area contributed by atoms with Crippen molar-refractivity contribution in [3.8, 4) is 0 Å². The average molecular weight is 341 g/mol. The molecule has 130 valence electrons. The Kier molecular flexibility index (Phi) is 4.34. The quantitative estimate of drug-likeness (QED) is 0.659. The van der Waals surface area contributed by atoms with Gasteiger partial charge in [0.1, 0.15) is 0 Å². The predicted molar refractivity (Wildman–Crippen MR) is 107 cm³/mol. The summed E-state index contributed by atoms with van der Waals surface area (Å²) in [5.41, 5.74) is 5.91. The van der Waals surface area contributed by atoms with Crippen LogP contribution in [0.5, 0.6) is 0 Å². The molecule has 0 N–H and O–H groups in total. The molecule has 26 heavy (non-hydrogen) atoms. The second-order valence-corrected chi connectivity index (χ2v) is 7.14. The molecule has 1 aliphatic heterocycles. The molecule has 2 atom stereocenters. The second-order valence-electron chi connectivity index (χ2n) is 7.14. The first-order valence-corrected chi connectivity index (χ1v) is 9.12. The number of rotatable bonds is 3. The van der Waals surface area contributed by atoms with E-state index in [1.165, 1.54) is 22.3 Å². The number of carbonyl (C=O) groups is 1. The summed E-state index contributed by atoms with van der Waals surface area (Å²) in [4.78, 5) is 15.1. The lowest BCUT2D eigenvalue weighted by Crippen LogP contribution is -2.42. The van der Waals surface area contributed by atoms with Gasteiger partial charge >= 0.3 is 0 Å². The summed E-state index contributed by atoms with van der Waals surface area (Å²) < 4.78 is 0. The molecule has 2 unspecified atom stereocenters. The molecule has 2 nitrogen and oxygen atoms in total. The van der Waals surface area contributed by atoms with Gasteiger partial charge in [-0.2, -0.15) is 0 Å². The normalized spacial score (nSPS) is 19.3. The number of hydrogen-bond acceptors (Lipinski definition) is 1. The molecule has 0 radical (unpaired) electrons. The van der Waals surface area contributed by atoms with Crippen molar-refractivity contribution in [2.24, 2.45) is 5.92 Å². The molecule has 0 aromatic heterocycles. The minimum absolute atomic E-state index is 0.0794. The van der Waals surface area contributed by atoms with E-state index < -0.39 is 0 Å². The van der Waals surface area contributed by atoms with Gasteiger partial charge in [0.25, 0.3) is 0 Å². The minimum atomic E-state index is -0.0972. The van der Waals surface area contributed by atoms with Crippen molar-refractivity contribution < 1.29 is 4.79 Å². The third-order valence-corrected chi connectivity index (χ3v) is 5.42. The number of aryl methyl sites for hydroxylation is 1. The molecular formula is C24H23NO. The summed E-state index contributed by atoms with van der Waals surface area (Å²) >= 11 is 0. The molecule has 1 aliphatic rings. The van der Waals surface area contributed by atoms with Gasteiger partial charge in [-0.05, 0) is 36.1 Å². The first-order valence-electron chi connectivity index (χ1n) is 9.12. The average Bonchev–Trinajstić information content (AvgIpc) is 2.68. The van der Waals surface area contributed by atoms with Gasteiger partial charge in [0, 0.05) is 18.7 Å². The Morgan fingerprint density at radius 1 is 0.846 bits per heavy atom. The number of fused-ring (bicyclic) bond motifs is 1. The van der Waals surface area contributed by atoms with E-state index in [0.717, 1.165) is 12.1 Å². The number of amides is 1. The molecule has 2 heteroatoms. The van der Waals surface area contributed by atoms with Gasteiger partial charge in [-0.3, -0.25) is 4.79 Å². The molecule has 3 aromatic rings. The predicted octanol–water partition coefficient (Wildman–Crippen LogP) is 4.96. The number of nitrogens with zero attached hydrogens (tertiary/aromatic N) is 1. The number of carbonyl (C=O) groups excluding carboxylic acids is 1. The fourth-order valence-corrected chi connectivity index (χ4v) is 4.04. The highest BCUT2D eigenvalue weighted by atomic mass is 16.2. The lowest BCUT2D eigenvalue weighted by molar-refractivity contribution is -0.123. The molecule has 0 bridgehead atoms. The molecule has 0 saturated carbocycles. The van der Waals surface area contributed by atoms with Crippen molar-refractivity contribution in [3.05, 3.63) is 101 Å². The van der Waals surface area contributed by atoms with Crippen LogP contribution in [0.1, 0.15) is 28.2 Å². The van der Waals surface area contributed by atoms with Crippen LogP contribution in [0.4, 0.5) is 5.69 Å². The third-order valence-electron chi connectivity index (χ3n) is 5.42. The molecule has 1 amide bonds. The summed E-state index contributed by atoms with van der Waals surface area (Å²) in [6.07, 6.45) is 0.747. The van der Waals surface area contributed by atoms with Crippen molar-refractivity contribution in [2.45, 2.75) is 19.3 Å². The molecule has 0 spiro atoms. The van der Waals surface area contributed by atoms with E-state index in [1.807, 2.05) is 42.3 Å². The number of benzene rings is 3. The van der Waals surface area contributed by atoms with E-state index in [0.29, 0.717) is 0 Å². The van der Waals surface area contributed by atoms with Crippen LogP contribution in [0.2, 0.25) is 0 Å². The van der Waals surface area contributed by atoms with Gasteiger partial charge in [-0.25, -0.2) is 0 Å². The molecular weight excluding hydrogens is 318 g/mol. The number of anilines is 1. The van der Waals surface area contributed by atoms with Crippen molar-refractivity contribution >= 4 is 11.6 Å². The fourth-order valence-electron chi connectivity index (χ4n) is 4.04. The van der Waals surface area contributed by atoms with Crippen LogP contribution in [0.15, 0.2) is 78.9 Å². The summed E-state index contributed by atoms with van der Waals surface area (Å²) in [6, 6.07) is 27.2. The maximum absolute atomic E-state index is 13.3. The Morgan fingerprint density at radius 3 is 2.23 bits per heavy atom. The fraction of sp³-hybridized carbons (Fsp3) is 0.208. The van der Waals surface area contributed by atoms with E-state index in [1.54, 1.807) is 0 Å². The summed E-state index contributed by atoms with van der Waals surface area (Å²) in [5.74, 6) is 0.175. The Bertz CT molecular complexity index is 914. The van der Waals surface area contributed by atoms with Crippen LogP contribution >= 0.6 is 0 Å². The van der Waals surface area contributed by atoms with Gasteiger partial charge in [0.15, 0.2) is 0 Å². The zero-order valence-corrected chi connectivity index (χ0v) is 15.2. The van der Waals surface area contributed by atoms with E-state index in [4.69, 9.17) is 0 Å². The minimum Gasteiger partial charge on any atom is -0.315 e. The van der Waals surface area contributed by atoms with Gasteiger partial charge in [0.2, 0.25) is 5.91 Å². The maximum Gasteiger partial charge on any atom is 0.231 e. The second kappa shape index (κ2) is 6.80. The standard InChI is InChI=1S/C24H23NO/c1-17-12-14-19(15-13-17)23-20-10-6-7-11-22(20)25(2)24(26)21(23)16-18-8-4-3-5-9-18/h3-15,21,23H,16H2,1-2H3. The van der Waals surface area contributed by atoms with Gasteiger partial charge < -0.3 is 4.90 Å². The van der Waals surface area contributed by atoms with Crippen LogP contribution < -0.4 is 4.90 Å². The Balaban J connectivity index is 1.84. The van der Waals surface area contributed by atoms with Crippen molar-refractivity contribution in [2.75, 3.05) is 11.9 Å².